The maximum Gasteiger partial charge on any atom is 0.304 e. The zero-order chi connectivity index (χ0) is 24.4. The number of nitrogens with zero attached hydrogens (tertiary/aromatic N) is 3. The summed E-state index contributed by atoms with van der Waals surface area (Å²) in [6, 6.07) is -2.18. The first-order chi connectivity index (χ1) is 15.6. The summed E-state index contributed by atoms with van der Waals surface area (Å²) in [5.41, 5.74) is -2.70. The van der Waals surface area contributed by atoms with Gasteiger partial charge in [-0.1, -0.05) is 0 Å². The first kappa shape index (κ1) is 25.8. The summed E-state index contributed by atoms with van der Waals surface area (Å²) in [5, 5.41) is 59.9. The van der Waals surface area contributed by atoms with E-state index in [2.05, 4.69) is 0 Å². The molecule has 3 saturated heterocycles. The molecule has 12 nitrogen and oxygen atoms in total. The van der Waals surface area contributed by atoms with E-state index in [0.717, 1.165) is 0 Å². The van der Waals surface area contributed by atoms with Crippen molar-refractivity contribution in [1.82, 2.24) is 14.7 Å². The van der Waals surface area contributed by atoms with Gasteiger partial charge in [0.25, 0.3) is 0 Å². The normalized spacial score (nSPS) is 23.4. The van der Waals surface area contributed by atoms with Gasteiger partial charge in [-0.05, 0) is 6.42 Å². The van der Waals surface area contributed by atoms with Crippen molar-refractivity contribution in [3.05, 3.63) is 0 Å². The summed E-state index contributed by atoms with van der Waals surface area (Å²) in [4.78, 5) is 41.7. The summed E-state index contributed by atoms with van der Waals surface area (Å²) < 4.78 is 0. The van der Waals surface area contributed by atoms with Crippen LogP contribution in [-0.4, -0.2) is 140 Å². The zero-order valence-electron chi connectivity index (χ0n) is 18.7. The van der Waals surface area contributed by atoms with Crippen molar-refractivity contribution in [3.63, 3.8) is 0 Å². The molecule has 3 rings (SSSR count). The SMILES string of the molecule is O=C(O)CC(N1CC1)C(CC(CO)(CO)CO)(C(CC(=O)O)N1CC1)C(CC(=O)O)N1CC1. The Kier molecular flexibility index (Phi) is 7.97. The number of hydrogen-bond acceptors (Lipinski definition) is 9. The maximum atomic E-state index is 12.0. The van der Waals surface area contributed by atoms with Crippen molar-refractivity contribution in [2.24, 2.45) is 10.8 Å². The molecule has 3 heterocycles. The zero-order valence-corrected chi connectivity index (χ0v) is 18.7. The van der Waals surface area contributed by atoms with Gasteiger partial charge in [-0.3, -0.25) is 29.1 Å². The quantitative estimate of drug-likeness (QED) is 0.126. The van der Waals surface area contributed by atoms with Gasteiger partial charge in [-0.15, -0.1) is 0 Å². The number of aliphatic carboxylic acids is 3. The highest BCUT2D eigenvalue weighted by Gasteiger charge is 2.63. The average molecular weight is 474 g/mol. The minimum absolute atomic E-state index is 0.110. The van der Waals surface area contributed by atoms with Crippen molar-refractivity contribution >= 4 is 17.9 Å². The van der Waals surface area contributed by atoms with Gasteiger partial charge in [-0.2, -0.15) is 0 Å². The van der Waals surface area contributed by atoms with Gasteiger partial charge in [0, 0.05) is 68.2 Å². The summed E-state index contributed by atoms with van der Waals surface area (Å²) >= 11 is 0. The highest BCUT2D eigenvalue weighted by molar-refractivity contribution is 5.70. The fraction of sp³-hybridized carbons (Fsp3) is 0.857. The minimum atomic E-state index is -1.44. The van der Waals surface area contributed by atoms with E-state index >= 15 is 0 Å². The molecule has 3 unspecified atom stereocenters. The van der Waals surface area contributed by atoms with Crippen LogP contribution in [0.2, 0.25) is 0 Å². The second-order valence-corrected chi connectivity index (χ2v) is 9.71. The van der Waals surface area contributed by atoms with Crippen LogP contribution in [0.1, 0.15) is 25.7 Å². The molecule has 0 aromatic heterocycles. The van der Waals surface area contributed by atoms with Crippen LogP contribution in [0.5, 0.6) is 0 Å². The largest absolute Gasteiger partial charge is 0.481 e. The van der Waals surface area contributed by atoms with Crippen LogP contribution >= 0.6 is 0 Å². The van der Waals surface area contributed by atoms with Gasteiger partial charge in [0.2, 0.25) is 0 Å². The predicted octanol–water partition coefficient (Wildman–Crippen LogP) is -2.20. The number of aliphatic hydroxyl groups is 3. The highest BCUT2D eigenvalue weighted by Crippen LogP contribution is 2.53. The molecule has 3 atom stereocenters. The smallest absolute Gasteiger partial charge is 0.304 e. The van der Waals surface area contributed by atoms with E-state index < -0.39 is 66.7 Å². The second kappa shape index (κ2) is 10.2. The van der Waals surface area contributed by atoms with E-state index in [4.69, 9.17) is 0 Å². The van der Waals surface area contributed by atoms with E-state index in [1.54, 1.807) is 0 Å². The molecule has 0 amide bonds. The summed E-state index contributed by atoms with van der Waals surface area (Å²) in [6.07, 6.45) is -1.13. The second-order valence-electron chi connectivity index (χ2n) is 9.71. The number of carboxylic acid groups (broad SMARTS) is 3. The lowest BCUT2D eigenvalue weighted by molar-refractivity contribution is -0.149. The monoisotopic (exact) mass is 473 g/mol. The van der Waals surface area contributed by atoms with Gasteiger partial charge < -0.3 is 30.6 Å². The predicted molar refractivity (Wildman–Crippen MR) is 114 cm³/mol. The molecule has 0 aromatic carbocycles. The standard InChI is InChI=1S/C21H35N3O9/c25-11-20(12-26,13-27)10-21(14(7-17(28)29)22-1-2-22,15(8-18(30)31)23-3-4-23)16(9-19(32)33)24-5-6-24/h14-16,25-27H,1-13H2,(H,28,29)(H,30,31)(H,32,33). The third kappa shape index (κ3) is 5.81. The lowest BCUT2D eigenvalue weighted by Crippen LogP contribution is -2.64. The molecular weight excluding hydrogens is 438 g/mol. The number of rotatable bonds is 17. The fourth-order valence-corrected chi connectivity index (χ4v) is 5.57. The van der Waals surface area contributed by atoms with Crippen LogP contribution < -0.4 is 0 Å². The van der Waals surface area contributed by atoms with Crippen LogP contribution in [0, 0.1) is 10.8 Å². The molecule has 0 saturated carbocycles. The Morgan fingerprint density at radius 2 is 0.879 bits per heavy atom. The average Bonchev–Trinajstić information content (AvgIpc) is 3.62. The first-order valence-corrected chi connectivity index (χ1v) is 11.3. The van der Waals surface area contributed by atoms with E-state index in [1.807, 2.05) is 14.7 Å². The Bertz CT molecular complexity index is 645. The maximum absolute atomic E-state index is 12.0. The van der Waals surface area contributed by atoms with Gasteiger partial charge >= 0.3 is 17.9 Å². The van der Waals surface area contributed by atoms with E-state index in [0.29, 0.717) is 39.3 Å². The Hall–Kier alpha value is -1.83. The van der Waals surface area contributed by atoms with Gasteiger partial charge in [-0.25, -0.2) is 0 Å². The third-order valence-corrected chi connectivity index (χ3v) is 7.42. The van der Waals surface area contributed by atoms with Crippen molar-refractivity contribution in [3.8, 4) is 0 Å². The van der Waals surface area contributed by atoms with Crippen molar-refractivity contribution in [2.75, 3.05) is 59.1 Å². The molecule has 3 aliphatic heterocycles. The van der Waals surface area contributed by atoms with Crippen LogP contribution in [0.15, 0.2) is 0 Å². The van der Waals surface area contributed by atoms with E-state index in [-0.39, 0.29) is 25.7 Å². The van der Waals surface area contributed by atoms with Crippen LogP contribution in [0.25, 0.3) is 0 Å². The van der Waals surface area contributed by atoms with Gasteiger partial charge in [0.15, 0.2) is 0 Å². The molecule has 0 bridgehead atoms. The van der Waals surface area contributed by atoms with Gasteiger partial charge in [0.05, 0.1) is 39.1 Å². The van der Waals surface area contributed by atoms with Crippen LogP contribution in [-0.2, 0) is 14.4 Å². The lowest BCUT2D eigenvalue weighted by Gasteiger charge is -2.55. The molecular formula is C21H35N3O9. The molecule has 188 valence electrons. The summed E-state index contributed by atoms with van der Waals surface area (Å²) in [6.45, 7) is 1.69. The molecule has 0 radical (unpaired) electrons. The Morgan fingerprint density at radius 3 is 1.06 bits per heavy atom. The van der Waals surface area contributed by atoms with E-state index in [9.17, 15) is 45.0 Å². The molecule has 33 heavy (non-hydrogen) atoms. The number of aliphatic hydroxyl groups excluding tert-OH is 3. The molecule has 0 aliphatic carbocycles. The first-order valence-electron chi connectivity index (χ1n) is 11.3. The third-order valence-electron chi connectivity index (χ3n) is 7.42. The van der Waals surface area contributed by atoms with Crippen molar-refractivity contribution in [2.45, 2.75) is 43.8 Å². The molecule has 12 heteroatoms. The minimum Gasteiger partial charge on any atom is -0.481 e. The molecule has 0 spiro atoms. The summed E-state index contributed by atoms with van der Waals surface area (Å²) in [5.74, 6) is -3.30. The number of hydrogen-bond donors (Lipinski definition) is 6. The van der Waals surface area contributed by atoms with Crippen molar-refractivity contribution in [1.29, 1.82) is 0 Å². The molecule has 0 aromatic rings. The Balaban J connectivity index is 2.24. The number of carbonyl (C=O) groups is 3. The Morgan fingerprint density at radius 1 is 0.606 bits per heavy atom. The molecule has 3 fully saturated rings. The Labute approximate surface area is 192 Å². The van der Waals surface area contributed by atoms with Crippen molar-refractivity contribution < 1.29 is 45.0 Å². The van der Waals surface area contributed by atoms with Crippen LogP contribution in [0.4, 0.5) is 0 Å². The fourth-order valence-electron chi connectivity index (χ4n) is 5.57. The van der Waals surface area contributed by atoms with E-state index in [1.165, 1.54) is 0 Å². The van der Waals surface area contributed by atoms with Gasteiger partial charge in [0.1, 0.15) is 0 Å². The highest BCUT2D eigenvalue weighted by atomic mass is 16.4. The van der Waals surface area contributed by atoms with Crippen LogP contribution in [0.3, 0.4) is 0 Å². The number of carboxylic acids is 3. The topological polar surface area (TPSA) is 182 Å². The molecule has 6 N–H and O–H groups in total. The summed E-state index contributed by atoms with van der Waals surface area (Å²) in [7, 11) is 0. The lowest BCUT2D eigenvalue weighted by atomic mass is 9.57. The molecule has 3 aliphatic rings.